The Morgan fingerprint density at radius 3 is 2.84 bits per heavy atom. The first-order chi connectivity index (χ1) is 12.3. The third-order valence-corrected chi connectivity index (χ3v) is 4.89. The van der Waals surface area contributed by atoms with Crippen LogP contribution in [0.15, 0.2) is 4.99 Å². The zero-order valence-corrected chi connectivity index (χ0v) is 15.5. The normalized spacial score (nSPS) is 20.2. The second-order valence-electron chi connectivity index (χ2n) is 6.71. The van der Waals surface area contributed by atoms with E-state index in [1.807, 2.05) is 0 Å². The smallest absolute Gasteiger partial charge is 0.191 e. The fourth-order valence-electron chi connectivity index (χ4n) is 3.37. The van der Waals surface area contributed by atoms with Crippen molar-refractivity contribution < 1.29 is 4.74 Å². The van der Waals surface area contributed by atoms with Crippen LogP contribution in [0.25, 0.3) is 0 Å². The maximum Gasteiger partial charge on any atom is 0.191 e. The number of nitrogens with one attached hydrogen (secondary N) is 2. The molecular weight excluding hydrogens is 318 g/mol. The fraction of sp³-hybridized carbons (Fsp3) is 0.824. The molecule has 1 fully saturated rings. The van der Waals surface area contributed by atoms with Crippen LogP contribution in [0.2, 0.25) is 0 Å². The molecule has 0 amide bonds. The van der Waals surface area contributed by atoms with E-state index in [4.69, 9.17) is 9.73 Å². The molecule has 0 radical (unpaired) electrons. The Hall–Kier alpha value is -1.67. The van der Waals surface area contributed by atoms with E-state index in [1.54, 1.807) is 0 Å². The molecule has 25 heavy (non-hydrogen) atoms. The Bertz CT molecular complexity index is 565. The predicted molar refractivity (Wildman–Crippen MR) is 97.6 cm³/mol. The Labute approximate surface area is 150 Å². The summed E-state index contributed by atoms with van der Waals surface area (Å²) in [4.78, 5) is 7.16. The molecule has 2 aliphatic heterocycles. The summed E-state index contributed by atoms with van der Waals surface area (Å²) in [5.41, 5.74) is 0. The molecule has 0 saturated carbocycles. The van der Waals surface area contributed by atoms with Crippen LogP contribution in [0.3, 0.4) is 0 Å². The highest BCUT2D eigenvalue weighted by Crippen LogP contribution is 2.14. The number of aliphatic imine (C=N–C) groups is 1. The number of rotatable bonds is 6. The minimum absolute atomic E-state index is 0.452. The Kier molecular flexibility index (Phi) is 6.63. The number of ether oxygens (including phenoxy) is 1. The van der Waals surface area contributed by atoms with E-state index in [0.29, 0.717) is 12.6 Å². The van der Waals surface area contributed by atoms with Gasteiger partial charge in [0.1, 0.15) is 12.4 Å². The van der Waals surface area contributed by atoms with E-state index in [1.165, 1.54) is 12.8 Å². The molecule has 0 aliphatic carbocycles. The first-order valence-electron chi connectivity index (χ1n) is 9.53. The Balaban J connectivity index is 1.54. The topological polar surface area (TPSA) is 79.6 Å². The average molecular weight is 349 g/mol. The second kappa shape index (κ2) is 9.15. The third-order valence-electron chi connectivity index (χ3n) is 4.89. The highest BCUT2D eigenvalue weighted by atomic mass is 16.5. The molecule has 3 heterocycles. The number of guanidine groups is 1. The van der Waals surface area contributed by atoms with Gasteiger partial charge in [0.25, 0.3) is 0 Å². The molecule has 1 atom stereocenters. The maximum absolute atomic E-state index is 5.43. The SMILES string of the molecule is CCNC(=NCc1nnc2n1CCCC2)NCC(C)N1CCOCC1. The van der Waals surface area contributed by atoms with Crippen molar-refractivity contribution in [2.75, 3.05) is 39.4 Å². The summed E-state index contributed by atoms with van der Waals surface area (Å²) < 4.78 is 7.66. The lowest BCUT2D eigenvalue weighted by Gasteiger charge is -2.32. The predicted octanol–water partition coefficient (Wildman–Crippen LogP) is 0.390. The van der Waals surface area contributed by atoms with Crippen LogP contribution in [0.1, 0.15) is 38.3 Å². The van der Waals surface area contributed by atoms with Gasteiger partial charge >= 0.3 is 0 Å². The van der Waals surface area contributed by atoms with Gasteiger partial charge in [-0.25, -0.2) is 4.99 Å². The van der Waals surface area contributed by atoms with E-state index < -0.39 is 0 Å². The summed E-state index contributed by atoms with van der Waals surface area (Å²) in [5.74, 6) is 2.92. The summed E-state index contributed by atoms with van der Waals surface area (Å²) in [6.07, 6.45) is 3.45. The van der Waals surface area contributed by atoms with Crippen molar-refractivity contribution in [2.45, 2.75) is 52.2 Å². The van der Waals surface area contributed by atoms with Crippen LogP contribution in [0, 0.1) is 0 Å². The van der Waals surface area contributed by atoms with Crippen molar-refractivity contribution in [3.63, 3.8) is 0 Å². The van der Waals surface area contributed by atoms with Crippen molar-refractivity contribution in [1.82, 2.24) is 30.3 Å². The van der Waals surface area contributed by atoms with Crippen LogP contribution in [0.4, 0.5) is 0 Å². The molecule has 8 heteroatoms. The molecule has 3 rings (SSSR count). The average Bonchev–Trinajstić information content (AvgIpc) is 3.07. The molecule has 0 aromatic carbocycles. The lowest BCUT2D eigenvalue weighted by atomic mass is 10.2. The zero-order valence-electron chi connectivity index (χ0n) is 15.5. The molecule has 8 nitrogen and oxygen atoms in total. The zero-order chi connectivity index (χ0) is 17.5. The van der Waals surface area contributed by atoms with Gasteiger partial charge in [0.2, 0.25) is 0 Å². The molecule has 0 bridgehead atoms. The summed E-state index contributed by atoms with van der Waals surface area (Å²) in [6.45, 7) is 11.3. The van der Waals surface area contributed by atoms with Crippen LogP contribution in [-0.4, -0.2) is 71.1 Å². The van der Waals surface area contributed by atoms with Crippen LogP contribution < -0.4 is 10.6 Å². The fourth-order valence-corrected chi connectivity index (χ4v) is 3.37. The van der Waals surface area contributed by atoms with Crippen molar-refractivity contribution in [3.05, 3.63) is 11.6 Å². The van der Waals surface area contributed by atoms with Gasteiger partial charge in [0, 0.05) is 45.2 Å². The van der Waals surface area contributed by atoms with E-state index in [2.05, 4.69) is 44.1 Å². The van der Waals surface area contributed by atoms with E-state index in [0.717, 1.165) is 70.0 Å². The van der Waals surface area contributed by atoms with Crippen LogP contribution >= 0.6 is 0 Å². The van der Waals surface area contributed by atoms with E-state index >= 15 is 0 Å². The minimum atomic E-state index is 0.452. The van der Waals surface area contributed by atoms with Crippen molar-refractivity contribution >= 4 is 5.96 Å². The van der Waals surface area contributed by atoms with Gasteiger partial charge in [-0.2, -0.15) is 0 Å². The van der Waals surface area contributed by atoms with Gasteiger partial charge in [-0.3, -0.25) is 4.90 Å². The minimum Gasteiger partial charge on any atom is -0.379 e. The van der Waals surface area contributed by atoms with E-state index in [9.17, 15) is 0 Å². The van der Waals surface area contributed by atoms with Gasteiger partial charge in [-0.15, -0.1) is 10.2 Å². The second-order valence-corrected chi connectivity index (χ2v) is 6.71. The molecule has 1 saturated heterocycles. The number of aryl methyl sites for hydroxylation is 1. The number of fused-ring (bicyclic) bond motifs is 1. The largest absolute Gasteiger partial charge is 0.379 e. The molecule has 1 aromatic rings. The highest BCUT2D eigenvalue weighted by molar-refractivity contribution is 5.79. The summed E-state index contributed by atoms with van der Waals surface area (Å²) >= 11 is 0. The number of aromatic nitrogens is 3. The lowest BCUT2D eigenvalue weighted by molar-refractivity contribution is 0.0211. The quantitative estimate of drug-likeness (QED) is 0.571. The van der Waals surface area contributed by atoms with Gasteiger partial charge in [-0.05, 0) is 26.7 Å². The molecule has 2 aliphatic rings. The maximum atomic E-state index is 5.43. The Morgan fingerprint density at radius 1 is 1.20 bits per heavy atom. The third kappa shape index (κ3) is 4.92. The van der Waals surface area contributed by atoms with Crippen molar-refractivity contribution in [1.29, 1.82) is 0 Å². The van der Waals surface area contributed by atoms with Gasteiger partial charge in [-0.1, -0.05) is 0 Å². The van der Waals surface area contributed by atoms with Gasteiger partial charge in [0.15, 0.2) is 11.8 Å². The molecule has 140 valence electrons. The van der Waals surface area contributed by atoms with Gasteiger partial charge < -0.3 is 19.9 Å². The number of morpholine rings is 1. The summed E-state index contributed by atoms with van der Waals surface area (Å²) in [6, 6.07) is 0.452. The summed E-state index contributed by atoms with van der Waals surface area (Å²) in [7, 11) is 0. The number of hydrogen-bond donors (Lipinski definition) is 2. The van der Waals surface area contributed by atoms with E-state index in [-0.39, 0.29) is 0 Å². The summed E-state index contributed by atoms with van der Waals surface area (Å²) in [5, 5.41) is 15.4. The monoisotopic (exact) mass is 349 g/mol. The Morgan fingerprint density at radius 2 is 2.04 bits per heavy atom. The molecular formula is C17H31N7O. The molecule has 1 aromatic heterocycles. The first-order valence-corrected chi connectivity index (χ1v) is 9.53. The van der Waals surface area contributed by atoms with Crippen molar-refractivity contribution in [3.8, 4) is 0 Å². The number of nitrogens with zero attached hydrogens (tertiary/aromatic N) is 5. The van der Waals surface area contributed by atoms with Crippen LogP contribution in [0.5, 0.6) is 0 Å². The van der Waals surface area contributed by atoms with Crippen molar-refractivity contribution in [2.24, 2.45) is 4.99 Å². The molecule has 1 unspecified atom stereocenters. The molecule has 0 spiro atoms. The highest BCUT2D eigenvalue weighted by Gasteiger charge is 2.18. The first kappa shape index (κ1) is 18.1. The standard InChI is InChI=1S/C17H31N7O/c1-3-18-17(19-12-14(2)23-8-10-25-11-9-23)20-13-16-22-21-15-6-4-5-7-24(15)16/h14H,3-13H2,1-2H3,(H2,18,19,20). The van der Waals surface area contributed by atoms with Gasteiger partial charge in [0.05, 0.1) is 13.2 Å². The number of hydrogen-bond acceptors (Lipinski definition) is 5. The van der Waals surface area contributed by atoms with Crippen LogP contribution in [-0.2, 0) is 24.2 Å². The lowest BCUT2D eigenvalue weighted by Crippen LogP contribution is -2.49. The molecule has 2 N–H and O–H groups in total.